The van der Waals surface area contributed by atoms with Crippen molar-refractivity contribution in [3.63, 3.8) is 0 Å². The lowest BCUT2D eigenvalue weighted by Gasteiger charge is -2.45. The molecular formula is C13H25N3. The summed E-state index contributed by atoms with van der Waals surface area (Å²) in [6.45, 7) is 8.78. The van der Waals surface area contributed by atoms with Crippen molar-refractivity contribution < 1.29 is 0 Å². The quantitative estimate of drug-likeness (QED) is 0.431. The molecule has 3 N–H and O–H groups in total. The molecule has 0 spiro atoms. The molecule has 16 heavy (non-hydrogen) atoms. The number of hydrazine groups is 1. The summed E-state index contributed by atoms with van der Waals surface area (Å²) in [4.78, 5) is 2.54. The molecule has 1 rings (SSSR count). The average Bonchev–Trinajstić information content (AvgIpc) is 2.31. The van der Waals surface area contributed by atoms with Crippen LogP contribution in [0.1, 0.15) is 46.5 Å². The molecule has 0 saturated carbocycles. The van der Waals surface area contributed by atoms with E-state index >= 15 is 0 Å². The summed E-state index contributed by atoms with van der Waals surface area (Å²) >= 11 is 0. The summed E-state index contributed by atoms with van der Waals surface area (Å²) in [6, 6.07) is 0.234. The molecule has 1 saturated heterocycles. The summed E-state index contributed by atoms with van der Waals surface area (Å²) in [5.74, 6) is 11.7. The first kappa shape index (κ1) is 13.5. The van der Waals surface area contributed by atoms with Gasteiger partial charge in [0.2, 0.25) is 0 Å². The summed E-state index contributed by atoms with van der Waals surface area (Å²) in [6.07, 6.45) is 4.79. The fraction of sp³-hybridized carbons (Fsp3) is 0.846. The number of hydrogen-bond acceptors (Lipinski definition) is 3. The smallest absolute Gasteiger partial charge is 0.0498 e. The van der Waals surface area contributed by atoms with Gasteiger partial charge in [-0.3, -0.25) is 16.2 Å². The third-order valence-corrected chi connectivity index (χ3v) is 3.71. The number of hydrogen-bond donors (Lipinski definition) is 2. The van der Waals surface area contributed by atoms with Crippen LogP contribution in [0.5, 0.6) is 0 Å². The maximum absolute atomic E-state index is 5.66. The molecule has 0 radical (unpaired) electrons. The standard InChI is InChI=1S/C13H25N3/c1-4-5-9-12(15-14)13(2,3)16-10-7-6-8-11-16/h12,15H,6-11,14H2,1-3H3. The Balaban J connectivity index is 2.65. The van der Waals surface area contributed by atoms with E-state index in [0.717, 1.165) is 6.42 Å². The van der Waals surface area contributed by atoms with Crippen LogP contribution in [0.25, 0.3) is 0 Å². The number of nitrogens with one attached hydrogen (secondary N) is 1. The van der Waals surface area contributed by atoms with Crippen LogP contribution in [0.15, 0.2) is 0 Å². The van der Waals surface area contributed by atoms with E-state index in [-0.39, 0.29) is 11.6 Å². The van der Waals surface area contributed by atoms with Gasteiger partial charge in [-0.1, -0.05) is 6.42 Å². The predicted molar refractivity (Wildman–Crippen MR) is 68.7 cm³/mol. The van der Waals surface area contributed by atoms with Crippen molar-refractivity contribution in [2.45, 2.75) is 58.0 Å². The number of nitrogens with zero attached hydrogens (tertiary/aromatic N) is 1. The largest absolute Gasteiger partial charge is 0.297 e. The van der Waals surface area contributed by atoms with Gasteiger partial charge in [-0.05, 0) is 46.7 Å². The van der Waals surface area contributed by atoms with E-state index in [1.807, 2.05) is 6.92 Å². The van der Waals surface area contributed by atoms with Crippen molar-refractivity contribution in [1.82, 2.24) is 10.3 Å². The number of likely N-dealkylation sites (tertiary alicyclic amines) is 1. The number of nitrogens with two attached hydrogens (primary N) is 1. The Morgan fingerprint density at radius 1 is 1.31 bits per heavy atom. The molecule has 3 heteroatoms. The normalized spacial score (nSPS) is 20.0. The Hall–Kier alpha value is -0.560. The zero-order chi connectivity index (χ0) is 12.0. The lowest BCUT2D eigenvalue weighted by atomic mass is 9.88. The molecule has 3 nitrogen and oxygen atoms in total. The van der Waals surface area contributed by atoms with E-state index < -0.39 is 0 Å². The highest BCUT2D eigenvalue weighted by Gasteiger charge is 2.34. The van der Waals surface area contributed by atoms with E-state index in [0.29, 0.717) is 0 Å². The van der Waals surface area contributed by atoms with Gasteiger partial charge < -0.3 is 0 Å². The molecule has 0 aromatic carbocycles. The number of piperidine rings is 1. The monoisotopic (exact) mass is 223 g/mol. The maximum Gasteiger partial charge on any atom is 0.0498 e. The predicted octanol–water partition coefficient (Wildman–Crippen LogP) is 1.50. The molecule has 1 aliphatic heterocycles. The number of rotatable bonds is 4. The zero-order valence-corrected chi connectivity index (χ0v) is 10.8. The SMILES string of the molecule is CC#CCC(NN)C(C)(C)N1CCCCC1. The van der Waals surface area contributed by atoms with Crippen molar-refractivity contribution >= 4 is 0 Å². The second-order valence-electron chi connectivity index (χ2n) is 5.05. The van der Waals surface area contributed by atoms with Crippen molar-refractivity contribution in [3.05, 3.63) is 0 Å². The molecule has 0 aromatic heterocycles. The minimum atomic E-state index is 0.0824. The van der Waals surface area contributed by atoms with Crippen LogP contribution in [0, 0.1) is 11.8 Å². The van der Waals surface area contributed by atoms with E-state index in [4.69, 9.17) is 5.84 Å². The molecule has 1 heterocycles. The third kappa shape index (κ3) is 3.21. The van der Waals surface area contributed by atoms with Gasteiger partial charge in [-0.15, -0.1) is 11.8 Å². The van der Waals surface area contributed by atoms with Crippen LogP contribution in [0.3, 0.4) is 0 Å². The van der Waals surface area contributed by atoms with Crippen LogP contribution in [0.4, 0.5) is 0 Å². The molecule has 0 amide bonds. The zero-order valence-electron chi connectivity index (χ0n) is 10.8. The average molecular weight is 223 g/mol. The van der Waals surface area contributed by atoms with Gasteiger partial charge in [0.1, 0.15) is 0 Å². The van der Waals surface area contributed by atoms with Gasteiger partial charge in [-0.2, -0.15) is 0 Å². The Morgan fingerprint density at radius 2 is 1.94 bits per heavy atom. The van der Waals surface area contributed by atoms with E-state index in [1.165, 1.54) is 32.4 Å². The molecule has 1 aliphatic rings. The summed E-state index contributed by atoms with van der Waals surface area (Å²) in [5, 5.41) is 0. The van der Waals surface area contributed by atoms with Gasteiger partial charge in [0.15, 0.2) is 0 Å². The third-order valence-electron chi connectivity index (χ3n) is 3.71. The van der Waals surface area contributed by atoms with Crippen molar-refractivity contribution in [2.75, 3.05) is 13.1 Å². The second kappa shape index (κ2) is 6.24. The summed E-state index contributed by atoms with van der Waals surface area (Å²) < 4.78 is 0. The fourth-order valence-corrected chi connectivity index (χ4v) is 2.41. The van der Waals surface area contributed by atoms with E-state index in [1.54, 1.807) is 0 Å². The molecule has 0 bridgehead atoms. The first-order chi connectivity index (χ1) is 7.62. The van der Waals surface area contributed by atoms with Gasteiger partial charge in [0.25, 0.3) is 0 Å². The molecule has 0 aromatic rings. The van der Waals surface area contributed by atoms with Gasteiger partial charge >= 0.3 is 0 Å². The maximum atomic E-state index is 5.66. The van der Waals surface area contributed by atoms with Gasteiger partial charge in [0.05, 0.1) is 0 Å². The van der Waals surface area contributed by atoms with E-state index in [9.17, 15) is 0 Å². The topological polar surface area (TPSA) is 41.3 Å². The molecule has 1 fully saturated rings. The second-order valence-corrected chi connectivity index (χ2v) is 5.05. The lowest BCUT2D eigenvalue weighted by molar-refractivity contribution is 0.0626. The van der Waals surface area contributed by atoms with Crippen molar-refractivity contribution in [2.24, 2.45) is 5.84 Å². The molecular weight excluding hydrogens is 198 g/mol. The highest BCUT2D eigenvalue weighted by atomic mass is 15.3. The molecule has 0 aliphatic carbocycles. The van der Waals surface area contributed by atoms with Crippen LogP contribution < -0.4 is 11.3 Å². The minimum absolute atomic E-state index is 0.0824. The highest BCUT2D eigenvalue weighted by molar-refractivity contribution is 5.04. The Kier molecular flexibility index (Phi) is 5.27. The minimum Gasteiger partial charge on any atom is -0.297 e. The van der Waals surface area contributed by atoms with Crippen LogP contribution in [-0.2, 0) is 0 Å². The Labute approximate surface area is 99.7 Å². The van der Waals surface area contributed by atoms with Crippen LogP contribution >= 0.6 is 0 Å². The Bertz CT molecular complexity index is 256. The first-order valence-electron chi connectivity index (χ1n) is 6.23. The molecule has 1 unspecified atom stereocenters. The van der Waals surface area contributed by atoms with Crippen molar-refractivity contribution in [3.8, 4) is 11.8 Å². The summed E-state index contributed by atoms with van der Waals surface area (Å²) in [7, 11) is 0. The lowest BCUT2D eigenvalue weighted by Crippen LogP contribution is -2.60. The first-order valence-corrected chi connectivity index (χ1v) is 6.23. The Morgan fingerprint density at radius 3 is 2.44 bits per heavy atom. The molecule has 92 valence electrons. The van der Waals surface area contributed by atoms with Gasteiger partial charge in [0, 0.05) is 18.0 Å². The van der Waals surface area contributed by atoms with Crippen LogP contribution in [-0.4, -0.2) is 29.6 Å². The van der Waals surface area contributed by atoms with Crippen molar-refractivity contribution in [1.29, 1.82) is 0 Å². The van der Waals surface area contributed by atoms with Crippen LogP contribution in [0.2, 0.25) is 0 Å². The highest BCUT2D eigenvalue weighted by Crippen LogP contribution is 2.24. The fourth-order valence-electron chi connectivity index (χ4n) is 2.41. The van der Waals surface area contributed by atoms with Gasteiger partial charge in [-0.25, -0.2) is 0 Å². The summed E-state index contributed by atoms with van der Waals surface area (Å²) in [5.41, 5.74) is 3.01. The molecule has 1 atom stereocenters. The van der Waals surface area contributed by atoms with E-state index in [2.05, 4.69) is 36.0 Å².